The van der Waals surface area contributed by atoms with Gasteiger partial charge in [0.2, 0.25) is 0 Å². The molecule has 2 atom stereocenters. The van der Waals surface area contributed by atoms with Crippen molar-refractivity contribution in [3.63, 3.8) is 0 Å². The predicted molar refractivity (Wildman–Crippen MR) is 152 cm³/mol. The maximum atomic E-state index is 12.2. The Morgan fingerprint density at radius 1 is 0.441 bits per heavy atom. The molecule has 0 fully saturated rings. The van der Waals surface area contributed by atoms with Gasteiger partial charge in [-0.05, 0) is 25.2 Å². The number of unbranched alkanes of at least 4 members (excludes halogenated alkanes) is 20. The highest BCUT2D eigenvalue weighted by molar-refractivity contribution is 5.70. The van der Waals surface area contributed by atoms with Crippen LogP contribution in [0.5, 0.6) is 0 Å². The van der Waals surface area contributed by atoms with Crippen molar-refractivity contribution in [3.8, 4) is 0 Å². The first-order valence-corrected chi connectivity index (χ1v) is 15.9. The molecule has 2 unspecified atom stereocenters. The van der Waals surface area contributed by atoms with E-state index in [0.717, 1.165) is 25.7 Å². The van der Waals surface area contributed by atoms with Gasteiger partial charge in [-0.2, -0.15) is 0 Å². The number of aliphatic carboxylic acids is 1. The van der Waals surface area contributed by atoms with Gasteiger partial charge in [0.1, 0.15) is 0 Å². The first kappa shape index (κ1) is 33.5. The molecule has 0 heterocycles. The lowest BCUT2D eigenvalue weighted by Crippen LogP contribution is -2.24. The second-order valence-electron chi connectivity index (χ2n) is 11.1. The molecule has 0 aliphatic heterocycles. The maximum Gasteiger partial charge on any atom is 0.306 e. The summed E-state index contributed by atoms with van der Waals surface area (Å²) in [5, 5.41) is 10.0. The average molecular weight is 481 g/mol. The Bertz CT molecular complexity index is 406. The van der Waals surface area contributed by atoms with Gasteiger partial charge in [-0.3, -0.25) is 4.79 Å². The Morgan fingerprint density at radius 2 is 0.706 bits per heavy atom. The number of rotatable bonds is 28. The number of hydrogen-bond acceptors (Lipinski definition) is 1. The number of carbonyl (C=O) groups is 1. The lowest BCUT2D eigenvalue weighted by atomic mass is 9.80. The number of carboxylic acid groups (broad SMARTS) is 1. The van der Waals surface area contributed by atoms with Gasteiger partial charge in [-0.1, -0.05) is 168 Å². The molecule has 0 spiro atoms. The molecule has 2 nitrogen and oxygen atoms in total. The standard InChI is InChI=1S/C32H64O2/c1-4-7-10-13-15-16-17-18-19-21-23-26-29-31(32(33)34)30(27-24-12-9-6-3)28-25-22-20-14-11-8-5-2/h30-31H,4-29H2,1-3H3,(H,33,34). The second-order valence-corrected chi connectivity index (χ2v) is 11.1. The molecule has 0 bridgehead atoms. The van der Waals surface area contributed by atoms with E-state index in [-0.39, 0.29) is 5.92 Å². The molecule has 0 aliphatic carbocycles. The molecule has 0 rings (SSSR count). The molecule has 0 aliphatic rings. The zero-order chi connectivity index (χ0) is 25.1. The van der Waals surface area contributed by atoms with Gasteiger partial charge < -0.3 is 5.11 Å². The zero-order valence-electron chi connectivity index (χ0n) is 23.9. The summed E-state index contributed by atoms with van der Waals surface area (Å²) in [6, 6.07) is 0. The fourth-order valence-corrected chi connectivity index (χ4v) is 5.51. The topological polar surface area (TPSA) is 37.3 Å². The minimum Gasteiger partial charge on any atom is -0.481 e. The summed E-state index contributed by atoms with van der Waals surface area (Å²) in [7, 11) is 0. The Balaban J connectivity index is 4.15. The summed E-state index contributed by atoms with van der Waals surface area (Å²) in [6.45, 7) is 6.80. The Morgan fingerprint density at radius 3 is 1.03 bits per heavy atom. The molecular formula is C32H64O2. The number of hydrogen-bond donors (Lipinski definition) is 1. The molecule has 0 aromatic rings. The molecule has 0 saturated heterocycles. The van der Waals surface area contributed by atoms with Crippen molar-refractivity contribution < 1.29 is 9.90 Å². The number of carboxylic acids is 1. The zero-order valence-corrected chi connectivity index (χ0v) is 23.9. The van der Waals surface area contributed by atoms with Crippen LogP contribution in [0.15, 0.2) is 0 Å². The van der Waals surface area contributed by atoms with Crippen molar-refractivity contribution >= 4 is 5.97 Å². The van der Waals surface area contributed by atoms with Crippen LogP contribution in [0, 0.1) is 11.8 Å². The maximum absolute atomic E-state index is 12.2. The van der Waals surface area contributed by atoms with E-state index in [9.17, 15) is 9.90 Å². The summed E-state index contributed by atoms with van der Waals surface area (Å²) >= 11 is 0. The monoisotopic (exact) mass is 480 g/mol. The Labute approximate surface area is 215 Å². The van der Waals surface area contributed by atoms with Gasteiger partial charge in [-0.25, -0.2) is 0 Å². The first-order chi connectivity index (χ1) is 16.7. The third-order valence-electron chi connectivity index (χ3n) is 7.86. The molecule has 204 valence electrons. The molecule has 2 heteroatoms. The predicted octanol–water partition coefficient (Wildman–Crippen LogP) is 11.5. The third kappa shape index (κ3) is 22.0. The van der Waals surface area contributed by atoms with E-state index in [4.69, 9.17) is 0 Å². The summed E-state index contributed by atoms with van der Waals surface area (Å²) in [5.74, 6) is -0.228. The largest absolute Gasteiger partial charge is 0.481 e. The summed E-state index contributed by atoms with van der Waals surface area (Å²) in [5.41, 5.74) is 0. The molecule has 0 amide bonds. The van der Waals surface area contributed by atoms with Gasteiger partial charge in [0.05, 0.1) is 5.92 Å². The van der Waals surface area contributed by atoms with E-state index in [0.29, 0.717) is 5.92 Å². The molecular weight excluding hydrogens is 416 g/mol. The summed E-state index contributed by atoms with van der Waals surface area (Å²) in [4.78, 5) is 12.2. The minimum atomic E-state index is -0.522. The average Bonchev–Trinajstić information content (AvgIpc) is 2.83. The van der Waals surface area contributed by atoms with Gasteiger partial charge >= 0.3 is 5.97 Å². The molecule has 34 heavy (non-hydrogen) atoms. The van der Waals surface area contributed by atoms with Crippen LogP contribution in [-0.4, -0.2) is 11.1 Å². The molecule has 1 N–H and O–H groups in total. The molecule has 0 saturated carbocycles. The van der Waals surface area contributed by atoms with Crippen molar-refractivity contribution in [2.45, 2.75) is 188 Å². The van der Waals surface area contributed by atoms with Crippen molar-refractivity contribution in [2.24, 2.45) is 11.8 Å². The van der Waals surface area contributed by atoms with Gasteiger partial charge in [0.15, 0.2) is 0 Å². The van der Waals surface area contributed by atoms with E-state index in [2.05, 4.69) is 20.8 Å². The van der Waals surface area contributed by atoms with Crippen LogP contribution in [0.25, 0.3) is 0 Å². The second kappa shape index (κ2) is 27.1. The Hall–Kier alpha value is -0.530. The van der Waals surface area contributed by atoms with Crippen LogP contribution in [0.1, 0.15) is 188 Å². The van der Waals surface area contributed by atoms with Crippen LogP contribution in [0.2, 0.25) is 0 Å². The molecule has 0 radical (unpaired) electrons. The van der Waals surface area contributed by atoms with E-state index < -0.39 is 5.97 Å². The van der Waals surface area contributed by atoms with Crippen LogP contribution in [-0.2, 0) is 4.79 Å². The van der Waals surface area contributed by atoms with E-state index in [1.807, 2.05) is 0 Å². The normalized spacial score (nSPS) is 13.3. The van der Waals surface area contributed by atoms with Crippen molar-refractivity contribution in [1.82, 2.24) is 0 Å². The first-order valence-electron chi connectivity index (χ1n) is 15.9. The van der Waals surface area contributed by atoms with E-state index in [1.54, 1.807) is 0 Å². The lowest BCUT2D eigenvalue weighted by Gasteiger charge is -2.24. The van der Waals surface area contributed by atoms with Gasteiger partial charge in [0, 0.05) is 0 Å². The summed E-state index contributed by atoms with van der Waals surface area (Å²) < 4.78 is 0. The SMILES string of the molecule is CCCCCCCCCCCCCCC(C(=O)O)C(CCCCCC)CCCCCCCCC. The summed E-state index contributed by atoms with van der Waals surface area (Å²) in [6.07, 6.45) is 33.6. The van der Waals surface area contributed by atoms with Crippen molar-refractivity contribution in [2.75, 3.05) is 0 Å². The molecule has 0 aromatic carbocycles. The Kier molecular flexibility index (Phi) is 26.6. The van der Waals surface area contributed by atoms with Crippen LogP contribution in [0.3, 0.4) is 0 Å². The van der Waals surface area contributed by atoms with Gasteiger partial charge in [-0.15, -0.1) is 0 Å². The smallest absolute Gasteiger partial charge is 0.306 e. The fourth-order valence-electron chi connectivity index (χ4n) is 5.51. The van der Waals surface area contributed by atoms with Gasteiger partial charge in [0.25, 0.3) is 0 Å². The lowest BCUT2D eigenvalue weighted by molar-refractivity contribution is -0.144. The van der Waals surface area contributed by atoms with E-state index >= 15 is 0 Å². The van der Waals surface area contributed by atoms with Crippen molar-refractivity contribution in [1.29, 1.82) is 0 Å². The molecule has 0 aromatic heterocycles. The highest BCUT2D eigenvalue weighted by Crippen LogP contribution is 2.30. The highest BCUT2D eigenvalue weighted by atomic mass is 16.4. The van der Waals surface area contributed by atoms with E-state index in [1.165, 1.54) is 141 Å². The van der Waals surface area contributed by atoms with Crippen LogP contribution < -0.4 is 0 Å². The minimum absolute atomic E-state index is 0.107. The third-order valence-corrected chi connectivity index (χ3v) is 7.86. The van der Waals surface area contributed by atoms with Crippen LogP contribution in [0.4, 0.5) is 0 Å². The van der Waals surface area contributed by atoms with Crippen molar-refractivity contribution in [3.05, 3.63) is 0 Å². The van der Waals surface area contributed by atoms with Crippen LogP contribution >= 0.6 is 0 Å². The fraction of sp³-hybridized carbons (Fsp3) is 0.969. The highest BCUT2D eigenvalue weighted by Gasteiger charge is 2.26. The quantitative estimate of drug-likeness (QED) is 0.113.